The molecule has 2 heterocycles. The van der Waals surface area contributed by atoms with Gasteiger partial charge in [0, 0.05) is 29.4 Å². The SMILES string of the molecule is Cn1c(=O)ccc2c3ccccc3[nH]c21. The second-order valence-electron chi connectivity index (χ2n) is 3.66. The number of aryl methyl sites for hydroxylation is 1. The van der Waals surface area contributed by atoms with Crippen molar-refractivity contribution < 1.29 is 0 Å². The minimum absolute atomic E-state index is 0.00839. The summed E-state index contributed by atoms with van der Waals surface area (Å²) in [6.07, 6.45) is 0. The second-order valence-corrected chi connectivity index (χ2v) is 3.66. The summed E-state index contributed by atoms with van der Waals surface area (Å²) >= 11 is 0. The summed E-state index contributed by atoms with van der Waals surface area (Å²) in [4.78, 5) is 14.7. The van der Waals surface area contributed by atoms with Crippen LogP contribution in [0.5, 0.6) is 0 Å². The van der Waals surface area contributed by atoms with E-state index in [9.17, 15) is 4.79 Å². The number of pyridine rings is 1. The van der Waals surface area contributed by atoms with E-state index >= 15 is 0 Å². The number of aromatic amines is 1. The molecule has 3 nitrogen and oxygen atoms in total. The van der Waals surface area contributed by atoms with Crippen LogP contribution in [0.3, 0.4) is 0 Å². The van der Waals surface area contributed by atoms with Gasteiger partial charge in [-0.05, 0) is 12.1 Å². The maximum absolute atomic E-state index is 11.5. The fourth-order valence-corrected chi connectivity index (χ4v) is 1.96. The third-order valence-electron chi connectivity index (χ3n) is 2.78. The molecule has 0 fully saturated rings. The molecule has 74 valence electrons. The minimum atomic E-state index is 0.00839. The van der Waals surface area contributed by atoms with Crippen molar-refractivity contribution in [3.63, 3.8) is 0 Å². The summed E-state index contributed by atoms with van der Waals surface area (Å²) in [6.45, 7) is 0. The molecule has 15 heavy (non-hydrogen) atoms. The molecule has 1 N–H and O–H groups in total. The molecule has 1 aromatic carbocycles. The zero-order valence-corrected chi connectivity index (χ0v) is 8.32. The number of fused-ring (bicyclic) bond motifs is 3. The van der Waals surface area contributed by atoms with Crippen LogP contribution in [0.2, 0.25) is 0 Å². The zero-order valence-electron chi connectivity index (χ0n) is 8.32. The monoisotopic (exact) mass is 198 g/mol. The normalized spacial score (nSPS) is 11.3. The summed E-state index contributed by atoms with van der Waals surface area (Å²) in [6, 6.07) is 11.5. The van der Waals surface area contributed by atoms with Crippen molar-refractivity contribution in [2.75, 3.05) is 0 Å². The predicted molar refractivity (Wildman–Crippen MR) is 61.0 cm³/mol. The van der Waals surface area contributed by atoms with Gasteiger partial charge in [-0.25, -0.2) is 0 Å². The van der Waals surface area contributed by atoms with Gasteiger partial charge in [-0.2, -0.15) is 0 Å². The summed E-state index contributed by atoms with van der Waals surface area (Å²) in [5.41, 5.74) is 1.95. The molecule has 0 saturated heterocycles. The highest BCUT2D eigenvalue weighted by atomic mass is 16.1. The quantitative estimate of drug-likeness (QED) is 0.589. The lowest BCUT2D eigenvalue weighted by Gasteiger charge is -1.97. The van der Waals surface area contributed by atoms with Gasteiger partial charge < -0.3 is 4.98 Å². The highest BCUT2D eigenvalue weighted by Gasteiger charge is 2.05. The highest BCUT2D eigenvalue weighted by molar-refractivity contribution is 6.05. The van der Waals surface area contributed by atoms with E-state index in [1.54, 1.807) is 17.7 Å². The molecule has 0 spiro atoms. The number of nitrogens with zero attached hydrogens (tertiary/aromatic N) is 1. The van der Waals surface area contributed by atoms with Crippen LogP contribution in [-0.4, -0.2) is 9.55 Å². The molecule has 0 radical (unpaired) electrons. The Hall–Kier alpha value is -2.03. The molecule has 0 atom stereocenters. The van der Waals surface area contributed by atoms with Crippen LogP contribution in [0.1, 0.15) is 0 Å². The molecular weight excluding hydrogens is 188 g/mol. The van der Waals surface area contributed by atoms with Crippen LogP contribution in [0, 0.1) is 0 Å². The van der Waals surface area contributed by atoms with Crippen LogP contribution in [0.4, 0.5) is 0 Å². The van der Waals surface area contributed by atoms with E-state index in [0.717, 1.165) is 21.9 Å². The van der Waals surface area contributed by atoms with Crippen molar-refractivity contribution in [2.45, 2.75) is 0 Å². The lowest BCUT2D eigenvalue weighted by Crippen LogP contribution is -2.14. The van der Waals surface area contributed by atoms with Crippen molar-refractivity contribution in [3.8, 4) is 0 Å². The van der Waals surface area contributed by atoms with E-state index < -0.39 is 0 Å². The molecule has 0 aliphatic heterocycles. The number of hydrogen-bond donors (Lipinski definition) is 1. The van der Waals surface area contributed by atoms with Crippen LogP contribution < -0.4 is 5.56 Å². The Kier molecular flexibility index (Phi) is 1.51. The molecule has 3 aromatic rings. The van der Waals surface area contributed by atoms with E-state index in [2.05, 4.69) is 11.1 Å². The molecule has 0 aliphatic carbocycles. The maximum atomic E-state index is 11.5. The Bertz CT molecular complexity index is 706. The molecule has 0 unspecified atom stereocenters. The Labute approximate surface area is 86.0 Å². The van der Waals surface area contributed by atoms with Crippen molar-refractivity contribution in [3.05, 3.63) is 46.8 Å². The Balaban J connectivity index is 2.66. The number of hydrogen-bond acceptors (Lipinski definition) is 1. The molecule has 3 heteroatoms. The first-order chi connectivity index (χ1) is 7.27. The van der Waals surface area contributed by atoms with Crippen LogP contribution >= 0.6 is 0 Å². The molecule has 0 aliphatic rings. The fourth-order valence-electron chi connectivity index (χ4n) is 1.96. The maximum Gasteiger partial charge on any atom is 0.251 e. The van der Waals surface area contributed by atoms with Crippen LogP contribution in [0.25, 0.3) is 21.9 Å². The van der Waals surface area contributed by atoms with Crippen LogP contribution in [0.15, 0.2) is 41.2 Å². The van der Waals surface area contributed by atoms with Gasteiger partial charge in [0.05, 0.1) is 0 Å². The Morgan fingerprint density at radius 3 is 2.73 bits per heavy atom. The second kappa shape index (κ2) is 2.73. The molecule has 3 rings (SSSR count). The van der Waals surface area contributed by atoms with E-state index in [-0.39, 0.29) is 5.56 Å². The van der Waals surface area contributed by atoms with Crippen LogP contribution in [-0.2, 0) is 7.05 Å². The van der Waals surface area contributed by atoms with Gasteiger partial charge in [0.1, 0.15) is 5.65 Å². The van der Waals surface area contributed by atoms with E-state index in [0.29, 0.717) is 0 Å². The first-order valence-corrected chi connectivity index (χ1v) is 4.84. The number of rotatable bonds is 0. The average Bonchev–Trinajstić information content (AvgIpc) is 2.63. The lowest BCUT2D eigenvalue weighted by molar-refractivity contribution is 0.894. The first kappa shape index (κ1) is 8.29. The summed E-state index contributed by atoms with van der Waals surface area (Å²) in [5.74, 6) is 0. The van der Waals surface area contributed by atoms with Crippen molar-refractivity contribution in [1.29, 1.82) is 0 Å². The first-order valence-electron chi connectivity index (χ1n) is 4.84. The lowest BCUT2D eigenvalue weighted by atomic mass is 10.2. The number of benzene rings is 1. The summed E-state index contributed by atoms with van der Waals surface area (Å²) < 4.78 is 1.63. The standard InChI is InChI=1S/C12H10N2O/c1-14-11(15)7-6-9-8-4-2-3-5-10(8)13-12(9)14/h2-7,13H,1H3. The van der Waals surface area contributed by atoms with Gasteiger partial charge in [-0.1, -0.05) is 18.2 Å². The average molecular weight is 198 g/mol. The molecule has 0 amide bonds. The van der Waals surface area contributed by atoms with Crippen molar-refractivity contribution in [1.82, 2.24) is 9.55 Å². The van der Waals surface area contributed by atoms with Crippen molar-refractivity contribution in [2.24, 2.45) is 7.05 Å². The third-order valence-corrected chi connectivity index (χ3v) is 2.78. The van der Waals surface area contributed by atoms with E-state index in [1.807, 2.05) is 24.3 Å². The topological polar surface area (TPSA) is 37.8 Å². The Morgan fingerprint density at radius 1 is 1.07 bits per heavy atom. The van der Waals surface area contributed by atoms with Gasteiger partial charge >= 0.3 is 0 Å². The van der Waals surface area contributed by atoms with Crippen molar-refractivity contribution >= 4 is 21.9 Å². The van der Waals surface area contributed by atoms with Gasteiger partial charge in [0.25, 0.3) is 5.56 Å². The minimum Gasteiger partial charge on any atom is -0.341 e. The van der Waals surface area contributed by atoms with Gasteiger partial charge in [0.15, 0.2) is 0 Å². The molecule has 0 saturated carbocycles. The van der Waals surface area contributed by atoms with Gasteiger partial charge in [-0.15, -0.1) is 0 Å². The highest BCUT2D eigenvalue weighted by Crippen LogP contribution is 2.22. The number of para-hydroxylation sites is 1. The summed E-state index contributed by atoms with van der Waals surface area (Å²) in [5, 5.41) is 2.25. The largest absolute Gasteiger partial charge is 0.341 e. The Morgan fingerprint density at radius 2 is 1.87 bits per heavy atom. The van der Waals surface area contributed by atoms with Gasteiger partial charge in [0.2, 0.25) is 0 Å². The van der Waals surface area contributed by atoms with Gasteiger partial charge in [-0.3, -0.25) is 9.36 Å². The summed E-state index contributed by atoms with van der Waals surface area (Å²) in [7, 11) is 1.78. The molecular formula is C12H10N2O. The number of aromatic nitrogens is 2. The number of nitrogens with one attached hydrogen (secondary N) is 1. The predicted octanol–water partition coefficient (Wildman–Crippen LogP) is 2.02. The van der Waals surface area contributed by atoms with E-state index in [4.69, 9.17) is 0 Å². The smallest absolute Gasteiger partial charge is 0.251 e. The molecule has 0 bridgehead atoms. The fraction of sp³-hybridized carbons (Fsp3) is 0.0833. The third kappa shape index (κ3) is 1.03. The number of H-pyrrole nitrogens is 1. The molecule has 2 aromatic heterocycles. The zero-order chi connectivity index (χ0) is 10.4. The van der Waals surface area contributed by atoms with E-state index in [1.165, 1.54) is 0 Å².